The minimum absolute atomic E-state index is 0.0238. The lowest BCUT2D eigenvalue weighted by atomic mass is 9.89. The van der Waals surface area contributed by atoms with E-state index in [0.29, 0.717) is 26.2 Å². The lowest BCUT2D eigenvalue weighted by molar-refractivity contribution is -0.148. The Morgan fingerprint density at radius 3 is 2.48 bits per heavy atom. The predicted molar refractivity (Wildman–Crippen MR) is 93.9 cm³/mol. The van der Waals surface area contributed by atoms with Crippen LogP contribution in [0, 0.1) is 5.41 Å². The normalized spacial score (nSPS) is 24.0. The van der Waals surface area contributed by atoms with Gasteiger partial charge in [-0.3, -0.25) is 14.5 Å². The third-order valence-corrected chi connectivity index (χ3v) is 6.75. The summed E-state index contributed by atoms with van der Waals surface area (Å²) in [6, 6.07) is -0.349. The van der Waals surface area contributed by atoms with Gasteiger partial charge >= 0.3 is 0 Å². The summed E-state index contributed by atoms with van der Waals surface area (Å²) in [6.45, 7) is 7.44. The Hall–Kier alpha value is -1.19. The Bertz CT molecular complexity index is 599. The van der Waals surface area contributed by atoms with E-state index < -0.39 is 15.3 Å². The Morgan fingerprint density at radius 1 is 1.28 bits per heavy atom. The summed E-state index contributed by atoms with van der Waals surface area (Å²) >= 11 is 0. The highest BCUT2D eigenvalue weighted by Crippen LogP contribution is 2.24. The Morgan fingerprint density at radius 2 is 1.92 bits per heavy atom. The highest BCUT2D eigenvalue weighted by molar-refractivity contribution is 7.91. The molecule has 9 heteroatoms. The molecule has 1 atom stereocenters. The number of rotatable bonds is 6. The maximum Gasteiger partial charge on any atom is 0.237 e. The molecule has 0 aromatic heterocycles. The summed E-state index contributed by atoms with van der Waals surface area (Å²) in [5, 5.41) is 2.83. The molecule has 0 bridgehead atoms. The second-order valence-electron chi connectivity index (χ2n) is 7.31. The summed E-state index contributed by atoms with van der Waals surface area (Å²) in [5.41, 5.74) is -1.23. The predicted octanol–water partition coefficient (Wildman–Crippen LogP) is -0.893. The van der Waals surface area contributed by atoms with Crippen LogP contribution in [0.25, 0.3) is 0 Å². The number of nitrogens with zero attached hydrogens (tertiary/aromatic N) is 2. The van der Waals surface area contributed by atoms with E-state index in [1.54, 1.807) is 20.9 Å². The van der Waals surface area contributed by atoms with Gasteiger partial charge in [-0.05, 0) is 20.3 Å². The van der Waals surface area contributed by atoms with Crippen LogP contribution in [0.15, 0.2) is 0 Å². The van der Waals surface area contributed by atoms with Crippen LogP contribution in [-0.4, -0.2) is 94.0 Å². The number of morpholine rings is 1. The van der Waals surface area contributed by atoms with Crippen LogP contribution in [-0.2, 0) is 24.2 Å². The summed E-state index contributed by atoms with van der Waals surface area (Å²) in [4.78, 5) is 28.8. The Balaban J connectivity index is 1.85. The van der Waals surface area contributed by atoms with Crippen LogP contribution < -0.4 is 5.32 Å². The first-order valence-corrected chi connectivity index (χ1v) is 10.5. The monoisotopic (exact) mass is 375 g/mol. The standard InChI is InChI=1S/C16H29N3O5S/c1-16(2,14(20)17-5-6-19-7-9-24-10-8-19)15(21)18(3)13-4-11-25(22,23)12-13/h13H,4-12H2,1-3H3,(H,17,20). The second-order valence-corrected chi connectivity index (χ2v) is 9.54. The number of nitrogens with one attached hydrogen (secondary N) is 1. The Labute approximate surface area is 149 Å². The quantitative estimate of drug-likeness (QED) is 0.605. The van der Waals surface area contributed by atoms with Crippen molar-refractivity contribution in [1.82, 2.24) is 15.1 Å². The average Bonchev–Trinajstić information content (AvgIpc) is 2.94. The first-order valence-electron chi connectivity index (χ1n) is 8.69. The number of carbonyl (C=O) groups is 2. The summed E-state index contributed by atoms with van der Waals surface area (Å²) in [6.07, 6.45) is 0.430. The van der Waals surface area contributed by atoms with Gasteiger partial charge in [0.2, 0.25) is 11.8 Å². The molecule has 2 aliphatic rings. The van der Waals surface area contributed by atoms with E-state index in [9.17, 15) is 18.0 Å². The molecule has 2 saturated heterocycles. The fraction of sp³-hybridized carbons (Fsp3) is 0.875. The molecule has 0 spiro atoms. The van der Waals surface area contributed by atoms with Crippen molar-refractivity contribution in [3.8, 4) is 0 Å². The van der Waals surface area contributed by atoms with Crippen LogP contribution in [0.3, 0.4) is 0 Å². The van der Waals surface area contributed by atoms with Gasteiger partial charge in [0.05, 0.1) is 24.7 Å². The number of hydrogen-bond acceptors (Lipinski definition) is 6. The smallest absolute Gasteiger partial charge is 0.237 e. The van der Waals surface area contributed by atoms with Crippen molar-refractivity contribution in [1.29, 1.82) is 0 Å². The van der Waals surface area contributed by atoms with Gasteiger partial charge in [-0.1, -0.05) is 0 Å². The third kappa shape index (κ3) is 5.15. The Kier molecular flexibility index (Phi) is 6.45. The van der Waals surface area contributed by atoms with Gasteiger partial charge < -0.3 is 15.0 Å². The van der Waals surface area contributed by atoms with Crippen LogP contribution in [0.4, 0.5) is 0 Å². The van der Waals surface area contributed by atoms with E-state index in [1.165, 1.54) is 4.90 Å². The van der Waals surface area contributed by atoms with Gasteiger partial charge in [0.25, 0.3) is 0 Å². The van der Waals surface area contributed by atoms with Crippen molar-refractivity contribution < 1.29 is 22.7 Å². The fourth-order valence-electron chi connectivity index (χ4n) is 3.16. The molecule has 1 unspecified atom stereocenters. The SMILES string of the molecule is CN(C(=O)C(C)(C)C(=O)NCCN1CCOCC1)C1CCS(=O)(=O)C1. The molecule has 0 aliphatic carbocycles. The van der Waals surface area contributed by atoms with E-state index in [4.69, 9.17) is 4.74 Å². The minimum atomic E-state index is -3.08. The van der Waals surface area contributed by atoms with Crippen LogP contribution in [0.5, 0.6) is 0 Å². The van der Waals surface area contributed by atoms with Crippen molar-refractivity contribution in [2.45, 2.75) is 26.3 Å². The van der Waals surface area contributed by atoms with Crippen molar-refractivity contribution in [3.05, 3.63) is 0 Å². The number of hydrogen-bond donors (Lipinski definition) is 1. The van der Waals surface area contributed by atoms with Crippen LogP contribution >= 0.6 is 0 Å². The zero-order chi connectivity index (χ0) is 18.7. The minimum Gasteiger partial charge on any atom is -0.379 e. The molecule has 2 amide bonds. The largest absolute Gasteiger partial charge is 0.379 e. The molecular weight excluding hydrogens is 346 g/mol. The maximum atomic E-state index is 12.7. The van der Waals surface area contributed by atoms with Gasteiger partial charge in [0.15, 0.2) is 9.84 Å². The summed E-state index contributed by atoms with van der Waals surface area (Å²) < 4.78 is 28.5. The molecule has 25 heavy (non-hydrogen) atoms. The first kappa shape index (κ1) is 20.1. The molecular formula is C16H29N3O5S. The zero-order valence-corrected chi connectivity index (χ0v) is 16.1. The first-order chi connectivity index (χ1) is 11.6. The van der Waals surface area contributed by atoms with E-state index in [2.05, 4.69) is 10.2 Å². The number of amides is 2. The maximum absolute atomic E-state index is 12.7. The lowest BCUT2D eigenvalue weighted by Crippen LogP contribution is -2.52. The van der Waals surface area contributed by atoms with Crippen LogP contribution in [0.2, 0.25) is 0 Å². The van der Waals surface area contributed by atoms with Crippen molar-refractivity contribution in [2.24, 2.45) is 5.41 Å². The third-order valence-electron chi connectivity index (χ3n) is 5.00. The molecule has 144 valence electrons. The van der Waals surface area contributed by atoms with Crippen LogP contribution in [0.1, 0.15) is 20.3 Å². The molecule has 2 heterocycles. The second kappa shape index (κ2) is 8.01. The fourth-order valence-corrected chi connectivity index (χ4v) is 4.93. The summed E-state index contributed by atoms with van der Waals surface area (Å²) in [7, 11) is -1.50. The molecule has 1 N–H and O–H groups in total. The lowest BCUT2D eigenvalue weighted by Gasteiger charge is -2.32. The molecule has 8 nitrogen and oxygen atoms in total. The average molecular weight is 375 g/mol. The molecule has 0 radical (unpaired) electrons. The van der Waals surface area contributed by atoms with Crippen molar-refractivity contribution in [3.63, 3.8) is 0 Å². The number of carbonyl (C=O) groups excluding carboxylic acids is 2. The van der Waals surface area contributed by atoms with Gasteiger partial charge in [0.1, 0.15) is 5.41 Å². The highest BCUT2D eigenvalue weighted by Gasteiger charge is 2.42. The van der Waals surface area contributed by atoms with E-state index in [-0.39, 0.29) is 29.4 Å². The molecule has 0 saturated carbocycles. The van der Waals surface area contributed by atoms with E-state index in [0.717, 1.165) is 19.6 Å². The number of sulfone groups is 1. The van der Waals surface area contributed by atoms with Crippen molar-refractivity contribution in [2.75, 3.05) is 57.9 Å². The molecule has 2 fully saturated rings. The van der Waals surface area contributed by atoms with Gasteiger partial charge in [0, 0.05) is 39.3 Å². The topological polar surface area (TPSA) is 96.0 Å². The molecule has 0 aromatic rings. The van der Waals surface area contributed by atoms with E-state index in [1.807, 2.05) is 0 Å². The van der Waals surface area contributed by atoms with Gasteiger partial charge in [-0.15, -0.1) is 0 Å². The molecule has 2 rings (SSSR count). The van der Waals surface area contributed by atoms with Gasteiger partial charge in [-0.2, -0.15) is 0 Å². The molecule has 0 aromatic carbocycles. The van der Waals surface area contributed by atoms with E-state index >= 15 is 0 Å². The van der Waals surface area contributed by atoms with Crippen molar-refractivity contribution >= 4 is 21.7 Å². The zero-order valence-electron chi connectivity index (χ0n) is 15.3. The summed E-state index contributed by atoms with van der Waals surface area (Å²) in [5.74, 6) is -0.609. The molecule has 2 aliphatic heterocycles. The number of ether oxygens (including phenoxy) is 1. The highest BCUT2D eigenvalue weighted by atomic mass is 32.2. The van der Waals surface area contributed by atoms with Gasteiger partial charge in [-0.25, -0.2) is 8.42 Å².